The van der Waals surface area contributed by atoms with Crippen LogP contribution in [0.4, 0.5) is 4.39 Å². The minimum absolute atomic E-state index is 0.0777. The number of benzene rings is 1. The second-order valence-corrected chi connectivity index (χ2v) is 5.75. The molecule has 0 saturated carbocycles. The summed E-state index contributed by atoms with van der Waals surface area (Å²) in [5.41, 5.74) is -0.845. The van der Waals surface area contributed by atoms with Gasteiger partial charge in [0, 0.05) is 13.1 Å². The average Bonchev–Trinajstić information content (AvgIpc) is 2.49. The summed E-state index contributed by atoms with van der Waals surface area (Å²) in [4.78, 5) is 25.5. The van der Waals surface area contributed by atoms with Crippen molar-refractivity contribution in [3.63, 3.8) is 0 Å². The third-order valence-electron chi connectivity index (χ3n) is 4.18. The molecule has 1 saturated heterocycles. The van der Waals surface area contributed by atoms with Crippen LogP contribution in [-0.4, -0.2) is 35.0 Å². The van der Waals surface area contributed by atoms with Gasteiger partial charge < -0.3 is 10.0 Å². The number of carbonyl (C=O) groups is 2. The van der Waals surface area contributed by atoms with Gasteiger partial charge in [-0.3, -0.25) is 9.59 Å². The number of halogens is 2. The predicted octanol–water partition coefficient (Wildman–Crippen LogP) is 3.20. The highest BCUT2D eigenvalue weighted by Gasteiger charge is 2.42. The van der Waals surface area contributed by atoms with E-state index in [0.717, 1.165) is 0 Å². The number of rotatable bonds is 3. The fourth-order valence-electron chi connectivity index (χ4n) is 2.76. The van der Waals surface area contributed by atoms with E-state index < -0.39 is 23.1 Å². The summed E-state index contributed by atoms with van der Waals surface area (Å²) in [6.07, 6.45) is 1.60. The van der Waals surface area contributed by atoms with Gasteiger partial charge in [-0.05, 0) is 31.4 Å². The number of carboxylic acids is 1. The van der Waals surface area contributed by atoms with Gasteiger partial charge >= 0.3 is 5.97 Å². The maximum Gasteiger partial charge on any atom is 0.311 e. The Labute approximate surface area is 127 Å². The molecule has 1 aliphatic heterocycles. The summed E-state index contributed by atoms with van der Waals surface area (Å²) in [6.45, 7) is 2.39. The van der Waals surface area contributed by atoms with Gasteiger partial charge in [-0.2, -0.15) is 0 Å². The average molecular weight is 314 g/mol. The van der Waals surface area contributed by atoms with E-state index in [1.165, 1.54) is 23.1 Å². The molecule has 1 atom stereocenters. The molecule has 0 aromatic heterocycles. The number of hydrogen-bond donors (Lipinski definition) is 1. The molecule has 1 unspecified atom stereocenters. The molecule has 1 aromatic carbocycles. The summed E-state index contributed by atoms with van der Waals surface area (Å²) < 4.78 is 13.5. The third kappa shape index (κ3) is 2.88. The van der Waals surface area contributed by atoms with Crippen LogP contribution in [0.1, 0.15) is 36.5 Å². The standard InChI is InChI=1S/C15H17ClFNO3/c1-2-15(14(20)21)7-4-8-18(9-15)13(19)10-5-3-6-11(17)12(10)16/h3,5-6H,2,4,7-9H2,1H3,(H,20,21). The molecule has 1 amide bonds. The molecule has 21 heavy (non-hydrogen) atoms. The zero-order valence-electron chi connectivity index (χ0n) is 11.7. The molecule has 114 valence electrons. The van der Waals surface area contributed by atoms with Crippen LogP contribution in [0, 0.1) is 11.2 Å². The van der Waals surface area contributed by atoms with E-state index in [-0.39, 0.29) is 17.1 Å². The van der Waals surface area contributed by atoms with Crippen molar-refractivity contribution in [3.05, 3.63) is 34.6 Å². The van der Waals surface area contributed by atoms with Crippen molar-refractivity contribution in [2.45, 2.75) is 26.2 Å². The molecule has 0 spiro atoms. The Morgan fingerprint density at radius 3 is 2.81 bits per heavy atom. The monoisotopic (exact) mass is 313 g/mol. The maximum absolute atomic E-state index is 13.5. The zero-order valence-corrected chi connectivity index (χ0v) is 12.5. The summed E-state index contributed by atoms with van der Waals surface area (Å²) >= 11 is 5.84. The second kappa shape index (κ2) is 6.02. The van der Waals surface area contributed by atoms with Gasteiger partial charge in [0.1, 0.15) is 5.82 Å². The van der Waals surface area contributed by atoms with Crippen LogP contribution in [0.25, 0.3) is 0 Å². The Morgan fingerprint density at radius 2 is 2.19 bits per heavy atom. The number of aliphatic carboxylic acids is 1. The summed E-state index contributed by atoms with van der Waals surface area (Å²) in [5, 5.41) is 9.22. The van der Waals surface area contributed by atoms with Gasteiger partial charge in [-0.15, -0.1) is 0 Å². The molecule has 1 N–H and O–H groups in total. The Hall–Kier alpha value is -1.62. The number of nitrogens with zero attached hydrogens (tertiary/aromatic N) is 1. The quantitative estimate of drug-likeness (QED) is 0.932. The van der Waals surface area contributed by atoms with Crippen molar-refractivity contribution < 1.29 is 19.1 Å². The van der Waals surface area contributed by atoms with E-state index in [9.17, 15) is 19.1 Å². The molecule has 1 aromatic rings. The lowest BCUT2D eigenvalue weighted by Crippen LogP contribution is -2.49. The van der Waals surface area contributed by atoms with Crippen molar-refractivity contribution in [2.24, 2.45) is 5.41 Å². The van der Waals surface area contributed by atoms with Crippen LogP contribution in [-0.2, 0) is 4.79 Å². The van der Waals surface area contributed by atoms with E-state index in [1.807, 2.05) is 0 Å². The second-order valence-electron chi connectivity index (χ2n) is 5.37. The first-order valence-corrected chi connectivity index (χ1v) is 7.26. The number of hydrogen-bond acceptors (Lipinski definition) is 2. The van der Waals surface area contributed by atoms with Gasteiger partial charge in [0.05, 0.1) is 16.0 Å². The highest BCUT2D eigenvalue weighted by atomic mass is 35.5. The van der Waals surface area contributed by atoms with E-state index in [4.69, 9.17) is 11.6 Å². The highest BCUT2D eigenvalue weighted by molar-refractivity contribution is 6.34. The normalized spacial score (nSPS) is 22.1. The van der Waals surface area contributed by atoms with Crippen molar-refractivity contribution in [2.75, 3.05) is 13.1 Å². The molecule has 1 fully saturated rings. The summed E-state index contributed by atoms with van der Waals surface area (Å²) in [5.74, 6) is -1.97. The predicted molar refractivity (Wildman–Crippen MR) is 76.9 cm³/mol. The number of likely N-dealkylation sites (tertiary alicyclic amines) is 1. The first-order valence-electron chi connectivity index (χ1n) is 6.88. The largest absolute Gasteiger partial charge is 0.481 e. The Morgan fingerprint density at radius 1 is 1.48 bits per heavy atom. The molecule has 0 radical (unpaired) electrons. The Balaban J connectivity index is 2.27. The molecule has 2 rings (SSSR count). The van der Waals surface area contributed by atoms with Gasteiger partial charge in [0.15, 0.2) is 0 Å². The Kier molecular flexibility index (Phi) is 4.52. The minimum Gasteiger partial charge on any atom is -0.481 e. The van der Waals surface area contributed by atoms with Crippen LogP contribution in [0.15, 0.2) is 18.2 Å². The lowest BCUT2D eigenvalue weighted by molar-refractivity contribution is -0.152. The van der Waals surface area contributed by atoms with Crippen molar-refractivity contribution in [1.29, 1.82) is 0 Å². The molecule has 0 aliphatic carbocycles. The number of piperidine rings is 1. The number of carboxylic acid groups (broad SMARTS) is 1. The fourth-order valence-corrected chi connectivity index (χ4v) is 2.97. The molecule has 1 aliphatic rings. The number of carbonyl (C=O) groups excluding carboxylic acids is 1. The molecule has 4 nitrogen and oxygen atoms in total. The number of amides is 1. The molecule has 6 heteroatoms. The van der Waals surface area contributed by atoms with Crippen LogP contribution in [0.3, 0.4) is 0 Å². The van der Waals surface area contributed by atoms with Gasteiger partial charge in [0.25, 0.3) is 5.91 Å². The van der Waals surface area contributed by atoms with Gasteiger partial charge in [0.2, 0.25) is 0 Å². The molecular formula is C15H17ClFNO3. The highest BCUT2D eigenvalue weighted by Crippen LogP contribution is 2.35. The molecular weight excluding hydrogens is 297 g/mol. The van der Waals surface area contributed by atoms with E-state index in [1.54, 1.807) is 6.92 Å². The van der Waals surface area contributed by atoms with Gasteiger partial charge in [-0.1, -0.05) is 24.6 Å². The van der Waals surface area contributed by atoms with Crippen molar-refractivity contribution >= 4 is 23.5 Å². The summed E-state index contributed by atoms with van der Waals surface area (Å²) in [7, 11) is 0. The van der Waals surface area contributed by atoms with E-state index in [2.05, 4.69) is 0 Å². The third-order valence-corrected chi connectivity index (χ3v) is 4.56. The van der Waals surface area contributed by atoms with E-state index >= 15 is 0 Å². The lowest BCUT2D eigenvalue weighted by Gasteiger charge is -2.39. The Bertz CT molecular complexity index is 578. The fraction of sp³-hybridized carbons (Fsp3) is 0.467. The van der Waals surface area contributed by atoms with E-state index in [0.29, 0.717) is 25.8 Å². The summed E-state index contributed by atoms with van der Waals surface area (Å²) in [6, 6.07) is 4.06. The molecule has 0 bridgehead atoms. The SMILES string of the molecule is CCC1(C(=O)O)CCCN(C(=O)c2cccc(F)c2Cl)C1. The van der Waals surface area contributed by atoms with Crippen LogP contribution in [0.2, 0.25) is 5.02 Å². The molecule has 1 heterocycles. The smallest absolute Gasteiger partial charge is 0.311 e. The minimum atomic E-state index is -0.923. The first kappa shape index (κ1) is 15.8. The maximum atomic E-state index is 13.5. The van der Waals surface area contributed by atoms with Gasteiger partial charge in [-0.25, -0.2) is 4.39 Å². The zero-order chi connectivity index (χ0) is 15.6. The van der Waals surface area contributed by atoms with Crippen LogP contribution >= 0.6 is 11.6 Å². The van der Waals surface area contributed by atoms with Crippen molar-refractivity contribution in [1.82, 2.24) is 4.90 Å². The van der Waals surface area contributed by atoms with Crippen LogP contribution in [0.5, 0.6) is 0 Å². The van der Waals surface area contributed by atoms with Crippen molar-refractivity contribution in [3.8, 4) is 0 Å². The first-order chi connectivity index (χ1) is 9.91. The van der Waals surface area contributed by atoms with Crippen LogP contribution < -0.4 is 0 Å². The topological polar surface area (TPSA) is 57.6 Å². The lowest BCUT2D eigenvalue weighted by atomic mass is 9.77.